The van der Waals surface area contributed by atoms with Gasteiger partial charge in [-0.1, -0.05) is 39.0 Å². The maximum absolute atomic E-state index is 4.55. The van der Waals surface area contributed by atoms with Gasteiger partial charge in [-0.05, 0) is 73.3 Å². The Balaban J connectivity index is 1.54. The first-order valence-electron chi connectivity index (χ1n) is 9.86. The average Bonchev–Trinajstić information content (AvgIpc) is 2.99. The van der Waals surface area contributed by atoms with E-state index >= 15 is 0 Å². The van der Waals surface area contributed by atoms with Crippen LogP contribution in [0.2, 0.25) is 0 Å². The minimum atomic E-state index is 0.556. The lowest BCUT2D eigenvalue weighted by atomic mass is 9.94. The van der Waals surface area contributed by atoms with E-state index in [9.17, 15) is 0 Å². The molecule has 3 heteroatoms. The van der Waals surface area contributed by atoms with Crippen molar-refractivity contribution in [3.63, 3.8) is 0 Å². The van der Waals surface area contributed by atoms with E-state index in [4.69, 9.17) is 0 Å². The van der Waals surface area contributed by atoms with Crippen molar-refractivity contribution >= 4 is 0 Å². The highest BCUT2D eigenvalue weighted by Gasteiger charge is 2.17. The van der Waals surface area contributed by atoms with E-state index in [1.54, 1.807) is 0 Å². The summed E-state index contributed by atoms with van der Waals surface area (Å²) < 4.78 is 0. The monoisotopic (exact) mass is 351 g/mol. The van der Waals surface area contributed by atoms with Gasteiger partial charge in [-0.25, -0.2) is 0 Å². The largest absolute Gasteiger partial charge is 0.301 e. The number of nitrogens with zero attached hydrogens (tertiary/aromatic N) is 3. The maximum atomic E-state index is 4.55. The lowest BCUT2D eigenvalue weighted by Gasteiger charge is -2.20. The van der Waals surface area contributed by atoms with Gasteiger partial charge in [0.1, 0.15) is 0 Å². The second-order valence-electron chi connectivity index (χ2n) is 8.36. The van der Waals surface area contributed by atoms with Crippen molar-refractivity contribution in [3.8, 4) is 0 Å². The van der Waals surface area contributed by atoms with E-state index < -0.39 is 0 Å². The van der Waals surface area contributed by atoms with Gasteiger partial charge in [0.05, 0.1) is 5.69 Å². The molecule has 0 saturated heterocycles. The Morgan fingerprint density at radius 1 is 1.04 bits per heavy atom. The fourth-order valence-corrected chi connectivity index (χ4v) is 3.77. The van der Waals surface area contributed by atoms with E-state index in [0.717, 1.165) is 26.2 Å². The van der Waals surface area contributed by atoms with E-state index in [2.05, 4.69) is 80.0 Å². The number of aromatic nitrogens is 1. The summed E-state index contributed by atoms with van der Waals surface area (Å²) >= 11 is 0. The fourth-order valence-electron chi connectivity index (χ4n) is 3.77. The smallest absolute Gasteiger partial charge is 0.0546 e. The van der Waals surface area contributed by atoms with Crippen LogP contribution in [0.3, 0.4) is 0 Å². The van der Waals surface area contributed by atoms with Gasteiger partial charge in [0.2, 0.25) is 0 Å². The molecule has 1 aromatic heterocycles. The molecule has 0 saturated carbocycles. The zero-order valence-corrected chi connectivity index (χ0v) is 17.0. The summed E-state index contributed by atoms with van der Waals surface area (Å²) in [6.07, 6.45) is 3.12. The molecule has 0 fully saturated rings. The standard InChI is InChI=1S/C23H33N3/c1-17(2)19-8-10-24-23(13-19)16-25(4)11-9-18(3)20-6-7-21-14-26(5)15-22(21)12-20/h6-8,10,12-13,17-18H,9,11,14-16H2,1-5H3. The summed E-state index contributed by atoms with van der Waals surface area (Å²) in [5.74, 6) is 1.14. The Morgan fingerprint density at radius 3 is 2.58 bits per heavy atom. The molecule has 140 valence electrons. The predicted molar refractivity (Wildman–Crippen MR) is 109 cm³/mol. The minimum absolute atomic E-state index is 0.556. The summed E-state index contributed by atoms with van der Waals surface area (Å²) in [7, 11) is 4.40. The van der Waals surface area contributed by atoms with Crippen LogP contribution in [0.5, 0.6) is 0 Å². The second-order valence-corrected chi connectivity index (χ2v) is 8.36. The van der Waals surface area contributed by atoms with Crippen LogP contribution in [-0.2, 0) is 19.6 Å². The first-order valence-corrected chi connectivity index (χ1v) is 9.86. The first-order chi connectivity index (χ1) is 12.4. The maximum Gasteiger partial charge on any atom is 0.0546 e. The van der Waals surface area contributed by atoms with Crippen LogP contribution in [0, 0.1) is 0 Å². The number of pyridine rings is 1. The van der Waals surface area contributed by atoms with Crippen molar-refractivity contribution in [1.82, 2.24) is 14.8 Å². The predicted octanol–water partition coefficient (Wildman–Crippen LogP) is 4.78. The zero-order valence-electron chi connectivity index (χ0n) is 17.0. The highest BCUT2D eigenvalue weighted by atomic mass is 15.1. The van der Waals surface area contributed by atoms with Crippen LogP contribution in [0.15, 0.2) is 36.5 Å². The molecule has 1 atom stereocenters. The average molecular weight is 352 g/mol. The lowest BCUT2D eigenvalue weighted by molar-refractivity contribution is 0.309. The molecule has 1 aliphatic rings. The van der Waals surface area contributed by atoms with Gasteiger partial charge < -0.3 is 4.90 Å². The molecule has 0 N–H and O–H groups in total. The van der Waals surface area contributed by atoms with Gasteiger partial charge in [0.15, 0.2) is 0 Å². The topological polar surface area (TPSA) is 19.4 Å². The van der Waals surface area contributed by atoms with Gasteiger partial charge in [-0.2, -0.15) is 0 Å². The highest BCUT2D eigenvalue weighted by Crippen LogP contribution is 2.27. The number of fused-ring (bicyclic) bond motifs is 1. The van der Waals surface area contributed by atoms with Crippen molar-refractivity contribution in [2.45, 2.75) is 58.7 Å². The minimum Gasteiger partial charge on any atom is -0.301 e. The molecule has 0 spiro atoms. The van der Waals surface area contributed by atoms with Crippen molar-refractivity contribution in [2.75, 3.05) is 20.6 Å². The number of rotatable bonds is 7. The van der Waals surface area contributed by atoms with E-state index in [1.165, 1.54) is 34.4 Å². The molecule has 3 rings (SSSR count). The van der Waals surface area contributed by atoms with Crippen molar-refractivity contribution < 1.29 is 0 Å². The summed E-state index contributed by atoms with van der Waals surface area (Å²) in [4.78, 5) is 9.32. The van der Waals surface area contributed by atoms with Crippen molar-refractivity contribution in [1.29, 1.82) is 0 Å². The molecule has 1 aromatic carbocycles. The Labute approximate surface area is 159 Å². The van der Waals surface area contributed by atoms with Gasteiger partial charge in [0, 0.05) is 25.8 Å². The van der Waals surface area contributed by atoms with E-state index in [0.29, 0.717) is 11.8 Å². The SMILES string of the molecule is CC(C)c1ccnc(CN(C)CCC(C)c2ccc3c(c2)CN(C)C3)c1. The van der Waals surface area contributed by atoms with Crippen LogP contribution in [-0.4, -0.2) is 35.4 Å². The van der Waals surface area contributed by atoms with Gasteiger partial charge >= 0.3 is 0 Å². The molecule has 0 aliphatic carbocycles. The lowest BCUT2D eigenvalue weighted by Crippen LogP contribution is -2.21. The molecule has 2 heterocycles. The normalized spacial score (nSPS) is 15.7. The van der Waals surface area contributed by atoms with Gasteiger partial charge in [0.25, 0.3) is 0 Å². The Bertz CT molecular complexity index is 738. The summed E-state index contributed by atoms with van der Waals surface area (Å²) in [6, 6.07) is 11.5. The van der Waals surface area contributed by atoms with Crippen LogP contribution < -0.4 is 0 Å². The van der Waals surface area contributed by atoms with Crippen LogP contribution in [0.25, 0.3) is 0 Å². The van der Waals surface area contributed by atoms with Crippen LogP contribution >= 0.6 is 0 Å². The van der Waals surface area contributed by atoms with Gasteiger partial charge in [-0.15, -0.1) is 0 Å². The van der Waals surface area contributed by atoms with Crippen LogP contribution in [0.1, 0.15) is 67.0 Å². The zero-order chi connectivity index (χ0) is 18.7. The molecular formula is C23H33N3. The number of hydrogen-bond acceptors (Lipinski definition) is 3. The molecule has 0 radical (unpaired) electrons. The third-order valence-corrected chi connectivity index (χ3v) is 5.56. The third-order valence-electron chi connectivity index (χ3n) is 5.56. The Hall–Kier alpha value is -1.71. The number of hydrogen-bond donors (Lipinski definition) is 0. The quantitative estimate of drug-likeness (QED) is 0.716. The Morgan fingerprint density at radius 2 is 1.81 bits per heavy atom. The third kappa shape index (κ3) is 4.72. The fraction of sp³-hybridized carbons (Fsp3) is 0.522. The molecule has 2 aromatic rings. The van der Waals surface area contributed by atoms with Crippen LogP contribution in [0.4, 0.5) is 0 Å². The molecule has 3 nitrogen and oxygen atoms in total. The summed E-state index contributed by atoms with van der Waals surface area (Å²) in [5.41, 5.74) is 7.04. The van der Waals surface area contributed by atoms with Crippen molar-refractivity contribution in [3.05, 3.63) is 64.5 Å². The first kappa shape index (κ1) is 19.1. The molecular weight excluding hydrogens is 318 g/mol. The second kappa shape index (κ2) is 8.32. The van der Waals surface area contributed by atoms with Gasteiger partial charge in [-0.3, -0.25) is 9.88 Å². The number of benzene rings is 1. The molecule has 0 bridgehead atoms. The Kier molecular flexibility index (Phi) is 6.10. The summed E-state index contributed by atoms with van der Waals surface area (Å²) in [5, 5.41) is 0. The molecule has 1 aliphatic heterocycles. The van der Waals surface area contributed by atoms with E-state index in [-0.39, 0.29) is 0 Å². The molecule has 1 unspecified atom stereocenters. The van der Waals surface area contributed by atoms with Crippen molar-refractivity contribution in [2.24, 2.45) is 0 Å². The molecule has 26 heavy (non-hydrogen) atoms. The van der Waals surface area contributed by atoms with E-state index in [1.807, 2.05) is 6.20 Å². The summed E-state index contributed by atoms with van der Waals surface area (Å²) in [6.45, 7) is 11.0. The highest BCUT2D eigenvalue weighted by molar-refractivity contribution is 5.36. The molecule has 0 amide bonds.